The maximum Gasteiger partial charge on any atom is 0.136 e. The molecule has 1 aromatic heterocycles. The Balaban J connectivity index is 1.90. The third-order valence-electron chi connectivity index (χ3n) is 2.84. The smallest absolute Gasteiger partial charge is 0.136 e. The van der Waals surface area contributed by atoms with Gasteiger partial charge in [0.05, 0.1) is 5.69 Å². The molecule has 0 amide bonds. The highest BCUT2D eigenvalue weighted by atomic mass is 79.9. The van der Waals surface area contributed by atoms with Crippen molar-refractivity contribution in [2.45, 2.75) is 18.8 Å². The number of benzene rings is 1. The van der Waals surface area contributed by atoms with Crippen molar-refractivity contribution >= 4 is 33.3 Å². The Morgan fingerprint density at radius 1 is 1.22 bits per heavy atom. The summed E-state index contributed by atoms with van der Waals surface area (Å²) in [5, 5.41) is 3.26. The minimum atomic E-state index is 0.494. The van der Waals surface area contributed by atoms with E-state index in [2.05, 4.69) is 31.2 Å². The third-order valence-corrected chi connectivity index (χ3v) is 3.53. The fourth-order valence-corrected chi connectivity index (χ4v) is 2.16. The molecule has 0 atom stereocenters. The van der Waals surface area contributed by atoms with Gasteiger partial charge in [-0.2, -0.15) is 0 Å². The van der Waals surface area contributed by atoms with Crippen LogP contribution in [-0.4, -0.2) is 9.97 Å². The molecule has 1 fully saturated rings. The van der Waals surface area contributed by atoms with Gasteiger partial charge in [0.25, 0.3) is 0 Å². The first-order chi connectivity index (χ1) is 8.72. The predicted octanol–water partition coefficient (Wildman–Crippen LogP) is 3.44. The van der Waals surface area contributed by atoms with Crippen LogP contribution in [0, 0.1) is 0 Å². The van der Waals surface area contributed by atoms with Crippen molar-refractivity contribution in [3.63, 3.8) is 0 Å². The Morgan fingerprint density at radius 3 is 2.72 bits per heavy atom. The number of hydrogen-bond acceptors (Lipinski definition) is 4. The predicted molar refractivity (Wildman–Crippen MR) is 75.8 cm³/mol. The number of nitrogens with two attached hydrogens (primary N) is 1. The van der Waals surface area contributed by atoms with Crippen LogP contribution >= 0.6 is 15.9 Å². The van der Waals surface area contributed by atoms with Gasteiger partial charge in [-0.05, 0) is 40.9 Å². The average Bonchev–Trinajstić information content (AvgIpc) is 3.15. The molecule has 0 aliphatic heterocycles. The zero-order chi connectivity index (χ0) is 12.5. The lowest BCUT2D eigenvalue weighted by Gasteiger charge is -2.09. The molecule has 0 spiro atoms. The molecule has 2 aromatic rings. The molecule has 0 radical (unpaired) electrons. The molecule has 1 aliphatic carbocycles. The van der Waals surface area contributed by atoms with E-state index in [-0.39, 0.29) is 0 Å². The minimum Gasteiger partial charge on any atom is -0.384 e. The van der Waals surface area contributed by atoms with Crippen LogP contribution in [0.3, 0.4) is 0 Å². The van der Waals surface area contributed by atoms with Crippen LogP contribution in [0.15, 0.2) is 34.8 Å². The number of nitrogen functional groups attached to an aromatic ring is 1. The van der Waals surface area contributed by atoms with Crippen molar-refractivity contribution in [3.8, 4) is 0 Å². The number of hydrogen-bond donors (Lipinski definition) is 2. The lowest BCUT2D eigenvalue weighted by atomic mass is 10.3. The van der Waals surface area contributed by atoms with Crippen molar-refractivity contribution in [1.29, 1.82) is 0 Å². The zero-order valence-corrected chi connectivity index (χ0v) is 11.3. The largest absolute Gasteiger partial charge is 0.384 e. The Labute approximate surface area is 114 Å². The number of nitrogens with one attached hydrogen (secondary N) is 1. The van der Waals surface area contributed by atoms with Crippen LogP contribution in [-0.2, 0) is 0 Å². The van der Waals surface area contributed by atoms with Gasteiger partial charge in [0.15, 0.2) is 0 Å². The van der Waals surface area contributed by atoms with Crippen LogP contribution in [0.1, 0.15) is 24.6 Å². The summed E-state index contributed by atoms with van der Waals surface area (Å²) in [6, 6.07) is 9.66. The number of nitrogens with zero attached hydrogens (tertiary/aromatic N) is 2. The molecule has 0 unspecified atom stereocenters. The highest BCUT2D eigenvalue weighted by Crippen LogP contribution is 2.39. The van der Waals surface area contributed by atoms with Gasteiger partial charge in [0, 0.05) is 16.5 Å². The fraction of sp³-hybridized carbons (Fsp3) is 0.231. The Morgan fingerprint density at radius 2 is 2.00 bits per heavy atom. The lowest BCUT2D eigenvalue weighted by molar-refractivity contribution is 0.936. The summed E-state index contributed by atoms with van der Waals surface area (Å²) in [4.78, 5) is 8.78. The standard InChI is InChI=1S/C13H13BrN4/c14-9-3-1-2-4-10(9)16-12-7-11(15)17-13(18-12)8-5-6-8/h1-4,7-8H,5-6H2,(H3,15,16,17,18). The van der Waals surface area contributed by atoms with Crippen LogP contribution in [0.2, 0.25) is 0 Å². The van der Waals surface area contributed by atoms with Crippen molar-refractivity contribution < 1.29 is 0 Å². The monoisotopic (exact) mass is 304 g/mol. The summed E-state index contributed by atoms with van der Waals surface area (Å²) in [5.41, 5.74) is 6.78. The molecule has 18 heavy (non-hydrogen) atoms. The molecule has 1 heterocycles. The van der Waals surface area contributed by atoms with E-state index in [1.54, 1.807) is 6.07 Å². The van der Waals surface area contributed by atoms with Crippen LogP contribution in [0.25, 0.3) is 0 Å². The maximum atomic E-state index is 5.81. The van der Waals surface area contributed by atoms with Crippen molar-refractivity contribution in [2.24, 2.45) is 0 Å². The van der Waals surface area contributed by atoms with E-state index in [1.807, 2.05) is 24.3 Å². The number of anilines is 3. The van der Waals surface area contributed by atoms with Gasteiger partial charge in [-0.1, -0.05) is 12.1 Å². The lowest BCUT2D eigenvalue weighted by Crippen LogP contribution is -2.02. The first-order valence-corrected chi connectivity index (χ1v) is 6.67. The first kappa shape index (κ1) is 11.5. The third kappa shape index (κ3) is 2.46. The summed E-state index contributed by atoms with van der Waals surface area (Å²) in [7, 11) is 0. The number of aromatic nitrogens is 2. The van der Waals surface area contributed by atoms with E-state index in [4.69, 9.17) is 5.73 Å². The molecule has 3 rings (SSSR count). The topological polar surface area (TPSA) is 63.8 Å². The normalized spacial score (nSPS) is 14.5. The van der Waals surface area contributed by atoms with Gasteiger partial charge in [-0.3, -0.25) is 0 Å². The van der Waals surface area contributed by atoms with E-state index in [9.17, 15) is 0 Å². The zero-order valence-electron chi connectivity index (χ0n) is 9.73. The van der Waals surface area contributed by atoms with Crippen molar-refractivity contribution in [3.05, 3.63) is 40.6 Å². The molecular formula is C13H13BrN4. The van der Waals surface area contributed by atoms with Gasteiger partial charge >= 0.3 is 0 Å². The van der Waals surface area contributed by atoms with Crippen molar-refractivity contribution in [2.75, 3.05) is 11.1 Å². The molecule has 0 bridgehead atoms. The summed E-state index contributed by atoms with van der Waals surface area (Å²) >= 11 is 3.49. The molecule has 3 N–H and O–H groups in total. The molecule has 1 saturated carbocycles. The van der Waals surface area contributed by atoms with Gasteiger partial charge in [-0.15, -0.1) is 0 Å². The Hall–Kier alpha value is -1.62. The van der Waals surface area contributed by atoms with Gasteiger partial charge in [0.1, 0.15) is 17.5 Å². The highest BCUT2D eigenvalue weighted by Gasteiger charge is 2.27. The van der Waals surface area contributed by atoms with E-state index in [0.717, 1.165) is 34.6 Å². The molecular weight excluding hydrogens is 292 g/mol. The second kappa shape index (κ2) is 4.57. The molecule has 5 heteroatoms. The van der Waals surface area contributed by atoms with Gasteiger partial charge < -0.3 is 11.1 Å². The summed E-state index contributed by atoms with van der Waals surface area (Å²) in [6.07, 6.45) is 2.33. The van der Waals surface area contributed by atoms with Gasteiger partial charge in [-0.25, -0.2) is 9.97 Å². The highest BCUT2D eigenvalue weighted by molar-refractivity contribution is 9.10. The number of rotatable bonds is 3. The molecule has 1 aromatic carbocycles. The maximum absolute atomic E-state index is 5.81. The second-order valence-corrected chi connectivity index (χ2v) is 5.27. The van der Waals surface area contributed by atoms with Crippen LogP contribution < -0.4 is 11.1 Å². The van der Waals surface area contributed by atoms with E-state index < -0.39 is 0 Å². The fourth-order valence-electron chi connectivity index (χ4n) is 1.77. The number of para-hydroxylation sites is 1. The molecule has 1 aliphatic rings. The molecule has 92 valence electrons. The minimum absolute atomic E-state index is 0.494. The van der Waals surface area contributed by atoms with E-state index in [1.165, 1.54) is 0 Å². The summed E-state index contributed by atoms with van der Waals surface area (Å²) in [5.74, 6) is 2.61. The van der Waals surface area contributed by atoms with Crippen LogP contribution in [0.4, 0.5) is 17.3 Å². The molecule has 4 nitrogen and oxygen atoms in total. The summed E-state index contributed by atoms with van der Waals surface area (Å²) in [6.45, 7) is 0. The SMILES string of the molecule is Nc1cc(Nc2ccccc2Br)nc(C2CC2)n1. The van der Waals surface area contributed by atoms with Crippen LogP contribution in [0.5, 0.6) is 0 Å². The van der Waals surface area contributed by atoms with E-state index in [0.29, 0.717) is 11.7 Å². The average molecular weight is 305 g/mol. The second-order valence-electron chi connectivity index (χ2n) is 4.42. The Bertz CT molecular complexity index is 581. The first-order valence-electron chi connectivity index (χ1n) is 5.88. The van der Waals surface area contributed by atoms with Crippen molar-refractivity contribution in [1.82, 2.24) is 9.97 Å². The quantitative estimate of drug-likeness (QED) is 0.911. The van der Waals surface area contributed by atoms with Gasteiger partial charge in [0.2, 0.25) is 0 Å². The Kier molecular flexibility index (Phi) is 2.91. The molecule has 0 saturated heterocycles. The number of halogens is 1. The summed E-state index contributed by atoms with van der Waals surface area (Å²) < 4.78 is 0.996. The van der Waals surface area contributed by atoms with E-state index >= 15 is 0 Å².